The van der Waals surface area contributed by atoms with Gasteiger partial charge in [-0.3, -0.25) is 9.57 Å². The molecule has 0 aliphatic carbocycles. The SMILES string of the molecule is CN1NNN=C1CC(CO)(OC[C@H]1O[C@@H](n2ncc3c(NCc4ccccc4Cl)nc(Cl)nc32)[C@H](O)[C@@H]1O)P(=O)(O)O. The van der Waals surface area contributed by atoms with Crippen LogP contribution in [0.3, 0.4) is 0 Å². The summed E-state index contributed by atoms with van der Waals surface area (Å²) in [6.07, 6.45) is -4.75. The van der Waals surface area contributed by atoms with E-state index in [4.69, 9.17) is 32.7 Å². The van der Waals surface area contributed by atoms with Gasteiger partial charge in [-0.05, 0) is 23.2 Å². The number of aliphatic hydroxyl groups excluding tert-OH is 3. The Hall–Kier alpha value is -2.67. The highest BCUT2D eigenvalue weighted by atomic mass is 35.5. The molecular weight excluding hydrogens is 620 g/mol. The van der Waals surface area contributed by atoms with Gasteiger partial charge < -0.3 is 39.9 Å². The predicted octanol–water partition coefficient (Wildman–Crippen LogP) is -0.0945. The molecule has 2 aliphatic rings. The summed E-state index contributed by atoms with van der Waals surface area (Å²) in [5.41, 5.74) is 6.01. The van der Waals surface area contributed by atoms with Crippen molar-refractivity contribution in [3.63, 3.8) is 0 Å². The highest BCUT2D eigenvalue weighted by molar-refractivity contribution is 7.53. The summed E-state index contributed by atoms with van der Waals surface area (Å²) >= 11 is 12.4. The Morgan fingerprint density at radius 1 is 1.21 bits per heavy atom. The fraction of sp³-hybridized carbons (Fsp3) is 0.455. The number of hydrazone groups is 1. The van der Waals surface area contributed by atoms with E-state index in [9.17, 15) is 29.7 Å². The lowest BCUT2D eigenvalue weighted by atomic mass is 10.1. The first-order valence-electron chi connectivity index (χ1n) is 12.4. The maximum atomic E-state index is 12.4. The Bertz CT molecular complexity index is 1530. The van der Waals surface area contributed by atoms with Gasteiger partial charge >= 0.3 is 7.60 Å². The molecule has 1 saturated heterocycles. The van der Waals surface area contributed by atoms with Crippen LogP contribution in [0, 0.1) is 0 Å². The van der Waals surface area contributed by atoms with Crippen molar-refractivity contribution >= 4 is 53.5 Å². The first-order valence-corrected chi connectivity index (χ1v) is 14.8. The Morgan fingerprint density at radius 2 is 1.98 bits per heavy atom. The van der Waals surface area contributed by atoms with Crippen molar-refractivity contribution < 1.29 is 39.1 Å². The molecule has 0 amide bonds. The highest BCUT2D eigenvalue weighted by Crippen LogP contribution is 2.53. The number of ether oxygens (including phenoxy) is 2. The van der Waals surface area contributed by atoms with E-state index in [0.29, 0.717) is 22.8 Å². The van der Waals surface area contributed by atoms with Crippen LogP contribution < -0.4 is 16.4 Å². The second-order valence-electron chi connectivity index (χ2n) is 9.61. The molecule has 17 nitrogen and oxygen atoms in total. The minimum atomic E-state index is -5.12. The molecule has 0 radical (unpaired) electrons. The quantitative estimate of drug-likeness (QED) is 0.100. The van der Waals surface area contributed by atoms with Crippen LogP contribution in [-0.2, 0) is 20.6 Å². The average Bonchev–Trinajstić information content (AvgIpc) is 3.63. The van der Waals surface area contributed by atoms with Gasteiger partial charge in [0.15, 0.2) is 17.2 Å². The molecule has 42 heavy (non-hydrogen) atoms. The summed E-state index contributed by atoms with van der Waals surface area (Å²) in [5.74, 6) is 0.471. The first-order chi connectivity index (χ1) is 19.9. The zero-order chi connectivity index (χ0) is 30.2. The van der Waals surface area contributed by atoms with Gasteiger partial charge in [0, 0.05) is 18.6 Å². The van der Waals surface area contributed by atoms with Gasteiger partial charge in [0.1, 0.15) is 30.0 Å². The van der Waals surface area contributed by atoms with E-state index in [2.05, 4.69) is 36.6 Å². The van der Waals surface area contributed by atoms with Crippen molar-refractivity contribution in [2.75, 3.05) is 25.6 Å². The van der Waals surface area contributed by atoms with E-state index in [1.54, 1.807) is 6.07 Å². The van der Waals surface area contributed by atoms with Crippen molar-refractivity contribution in [1.29, 1.82) is 0 Å². The molecule has 228 valence electrons. The van der Waals surface area contributed by atoms with Gasteiger partial charge in [-0.25, -0.2) is 10.2 Å². The lowest BCUT2D eigenvalue weighted by Crippen LogP contribution is -2.46. The van der Waals surface area contributed by atoms with Crippen LogP contribution in [0.1, 0.15) is 18.2 Å². The molecule has 1 fully saturated rings. The number of nitrogens with one attached hydrogen (secondary N) is 3. The molecule has 20 heteroatoms. The maximum Gasteiger partial charge on any atom is 0.359 e. The number of hydrogen-bond donors (Lipinski definition) is 8. The van der Waals surface area contributed by atoms with Crippen LogP contribution >= 0.6 is 30.8 Å². The summed E-state index contributed by atoms with van der Waals surface area (Å²) < 4.78 is 25.1. The molecule has 0 saturated carbocycles. The summed E-state index contributed by atoms with van der Waals surface area (Å²) in [6, 6.07) is 7.25. The molecule has 5 rings (SSSR count). The molecular formula is C22H28Cl2N9O8P. The summed E-state index contributed by atoms with van der Waals surface area (Å²) in [7, 11) is -3.58. The van der Waals surface area contributed by atoms with E-state index >= 15 is 0 Å². The number of benzene rings is 1. The van der Waals surface area contributed by atoms with E-state index in [1.165, 1.54) is 22.9 Å². The van der Waals surface area contributed by atoms with Crippen molar-refractivity contribution in [2.24, 2.45) is 5.10 Å². The van der Waals surface area contributed by atoms with Crippen molar-refractivity contribution in [1.82, 2.24) is 35.8 Å². The van der Waals surface area contributed by atoms with Crippen molar-refractivity contribution in [3.8, 4) is 0 Å². The van der Waals surface area contributed by atoms with Crippen LogP contribution in [-0.4, -0.2) is 99.6 Å². The number of fused-ring (bicyclic) bond motifs is 1. The Labute approximate surface area is 248 Å². The van der Waals surface area contributed by atoms with Crippen LogP contribution in [0.2, 0.25) is 10.3 Å². The summed E-state index contributed by atoms with van der Waals surface area (Å²) in [5, 5.41) is 42.7. The third kappa shape index (κ3) is 5.91. The smallest absolute Gasteiger partial charge is 0.359 e. The second kappa shape index (κ2) is 12.1. The number of anilines is 1. The van der Waals surface area contributed by atoms with Gasteiger partial charge in [0.2, 0.25) is 5.28 Å². The van der Waals surface area contributed by atoms with Gasteiger partial charge in [-0.1, -0.05) is 29.8 Å². The van der Waals surface area contributed by atoms with Gasteiger partial charge in [0.25, 0.3) is 0 Å². The van der Waals surface area contributed by atoms with Gasteiger partial charge in [-0.2, -0.15) is 15.1 Å². The molecule has 8 N–H and O–H groups in total. The molecule has 0 bridgehead atoms. The maximum absolute atomic E-state index is 12.4. The molecule has 2 aliphatic heterocycles. The van der Waals surface area contributed by atoms with E-state index in [-0.39, 0.29) is 16.8 Å². The third-order valence-corrected chi connectivity index (χ3v) is 8.96. The zero-order valence-corrected chi connectivity index (χ0v) is 24.3. The fourth-order valence-electron chi connectivity index (χ4n) is 4.49. The van der Waals surface area contributed by atoms with E-state index < -0.39 is 57.1 Å². The monoisotopic (exact) mass is 647 g/mol. The van der Waals surface area contributed by atoms with Crippen LogP contribution in [0.5, 0.6) is 0 Å². The average molecular weight is 648 g/mol. The summed E-state index contributed by atoms with van der Waals surface area (Å²) in [6.45, 7) is -1.38. The Balaban J connectivity index is 1.35. The van der Waals surface area contributed by atoms with Crippen LogP contribution in [0.25, 0.3) is 11.0 Å². The standard InChI is InChI=1S/C22H28Cl2N9O8P/c1-32-15(29-30-31-32)6-22(10-34,42(37,38)39)40-9-14-16(35)17(36)20(41-14)33-19-12(8-26-33)18(27-21(24)28-19)25-7-11-4-2-3-5-13(11)23/h2-5,8,14,16-17,20,30-31,34-36H,6-7,9-10H2,1H3,(H,25,27,28)(H2,37,38,39)/t14-,16-,17-,20-,22?/m1/s1. The lowest BCUT2D eigenvalue weighted by Gasteiger charge is -2.34. The van der Waals surface area contributed by atoms with Crippen molar-refractivity contribution in [3.05, 3.63) is 46.3 Å². The molecule has 1 aromatic carbocycles. The number of aromatic nitrogens is 4. The highest BCUT2D eigenvalue weighted by Gasteiger charge is 2.52. The predicted molar refractivity (Wildman–Crippen MR) is 149 cm³/mol. The molecule has 2 aromatic heterocycles. The summed E-state index contributed by atoms with van der Waals surface area (Å²) in [4.78, 5) is 28.6. The minimum Gasteiger partial charge on any atom is -0.393 e. The number of hydrazine groups is 2. The third-order valence-electron chi connectivity index (χ3n) is 6.93. The minimum absolute atomic E-state index is 0.128. The van der Waals surface area contributed by atoms with Crippen LogP contribution in [0.15, 0.2) is 35.6 Å². The normalized spacial score (nSPS) is 24.1. The first kappa shape index (κ1) is 30.8. The zero-order valence-electron chi connectivity index (χ0n) is 21.9. The molecule has 4 heterocycles. The lowest BCUT2D eigenvalue weighted by molar-refractivity contribution is -0.108. The second-order valence-corrected chi connectivity index (χ2v) is 12.3. The molecule has 5 atom stereocenters. The topological polar surface area (TPSA) is 232 Å². The Morgan fingerprint density at radius 3 is 2.64 bits per heavy atom. The largest absolute Gasteiger partial charge is 0.393 e. The molecule has 0 spiro atoms. The van der Waals surface area contributed by atoms with Gasteiger partial charge in [-0.15, -0.1) is 10.6 Å². The molecule has 3 aromatic rings. The number of nitrogens with zero attached hydrogens (tertiary/aromatic N) is 6. The van der Waals surface area contributed by atoms with Crippen molar-refractivity contribution in [2.45, 2.75) is 42.8 Å². The fourth-order valence-corrected chi connectivity index (χ4v) is 5.63. The van der Waals surface area contributed by atoms with E-state index in [0.717, 1.165) is 5.56 Å². The number of amidine groups is 1. The molecule has 1 unspecified atom stereocenters. The Kier molecular flexibility index (Phi) is 8.90. The van der Waals surface area contributed by atoms with Crippen LogP contribution in [0.4, 0.5) is 5.82 Å². The van der Waals surface area contributed by atoms with E-state index in [1.807, 2.05) is 18.2 Å². The number of rotatable bonds is 11. The number of halogens is 2. The number of aliphatic hydroxyl groups is 3. The van der Waals surface area contributed by atoms with Gasteiger partial charge in [0.05, 0.1) is 31.2 Å². The number of hydrogen-bond acceptors (Lipinski definition) is 14.